The summed E-state index contributed by atoms with van der Waals surface area (Å²) >= 11 is 11.8. The van der Waals surface area contributed by atoms with Gasteiger partial charge in [-0.15, -0.1) is 0 Å². The fourth-order valence-corrected chi connectivity index (χ4v) is 2.80. The summed E-state index contributed by atoms with van der Waals surface area (Å²) in [4.78, 5) is 12.3. The van der Waals surface area contributed by atoms with Crippen molar-refractivity contribution in [2.45, 2.75) is 6.61 Å². The molecule has 0 saturated heterocycles. The van der Waals surface area contributed by atoms with E-state index in [1.54, 1.807) is 48.5 Å². The van der Waals surface area contributed by atoms with Crippen LogP contribution in [0.1, 0.15) is 11.1 Å². The van der Waals surface area contributed by atoms with E-state index >= 15 is 0 Å². The average Bonchev–Trinajstić information content (AvgIpc) is 2.72. The second-order valence-electron chi connectivity index (χ2n) is 6.12. The van der Waals surface area contributed by atoms with E-state index in [4.69, 9.17) is 27.9 Å². The van der Waals surface area contributed by atoms with Crippen LogP contribution in [0.3, 0.4) is 0 Å². The van der Waals surface area contributed by atoms with Gasteiger partial charge >= 0.3 is 0 Å². The van der Waals surface area contributed by atoms with Crippen LogP contribution < -0.4 is 10.1 Å². The third-order valence-electron chi connectivity index (χ3n) is 3.96. The molecule has 6 heteroatoms. The molecule has 0 unspecified atom stereocenters. The van der Waals surface area contributed by atoms with E-state index < -0.39 is 5.91 Å². The number of amides is 1. The number of hydrogen-bond acceptors (Lipinski definition) is 3. The highest BCUT2D eigenvalue weighted by Gasteiger charge is 2.10. The highest BCUT2D eigenvalue weighted by molar-refractivity contribution is 6.31. The van der Waals surface area contributed by atoms with Crippen molar-refractivity contribution in [1.29, 1.82) is 5.26 Å². The molecule has 0 aliphatic carbocycles. The van der Waals surface area contributed by atoms with E-state index in [2.05, 4.69) is 5.32 Å². The van der Waals surface area contributed by atoms with Gasteiger partial charge in [0.15, 0.2) is 0 Å². The Morgan fingerprint density at radius 3 is 2.38 bits per heavy atom. The van der Waals surface area contributed by atoms with Crippen LogP contribution in [0.25, 0.3) is 6.08 Å². The van der Waals surface area contributed by atoms with Crippen molar-refractivity contribution in [2.75, 3.05) is 5.32 Å². The number of carbonyl (C=O) groups is 1. The molecule has 0 aliphatic heterocycles. The second-order valence-corrected chi connectivity index (χ2v) is 6.99. The molecular weight excluding hydrogens is 407 g/mol. The van der Waals surface area contributed by atoms with Gasteiger partial charge in [-0.3, -0.25) is 4.79 Å². The first-order chi connectivity index (χ1) is 14.0. The number of halogens is 2. The van der Waals surface area contributed by atoms with Crippen LogP contribution in [0.5, 0.6) is 5.75 Å². The topological polar surface area (TPSA) is 62.1 Å². The number of benzene rings is 3. The number of anilines is 1. The van der Waals surface area contributed by atoms with Crippen LogP contribution in [0.15, 0.2) is 78.4 Å². The molecule has 4 nitrogen and oxygen atoms in total. The summed E-state index contributed by atoms with van der Waals surface area (Å²) < 4.78 is 5.74. The van der Waals surface area contributed by atoms with Gasteiger partial charge in [0.1, 0.15) is 24.0 Å². The summed E-state index contributed by atoms with van der Waals surface area (Å²) in [7, 11) is 0. The third-order valence-corrected chi connectivity index (χ3v) is 4.44. The van der Waals surface area contributed by atoms with Crippen LogP contribution in [0, 0.1) is 11.3 Å². The van der Waals surface area contributed by atoms with Crippen LogP contribution >= 0.6 is 23.2 Å². The molecule has 0 radical (unpaired) electrons. The zero-order valence-corrected chi connectivity index (χ0v) is 16.7. The zero-order chi connectivity index (χ0) is 20.6. The smallest absolute Gasteiger partial charge is 0.266 e. The Kier molecular flexibility index (Phi) is 6.91. The summed E-state index contributed by atoms with van der Waals surface area (Å²) in [5, 5.41) is 13.2. The van der Waals surface area contributed by atoms with Crippen molar-refractivity contribution in [3.8, 4) is 11.8 Å². The maximum absolute atomic E-state index is 12.3. The van der Waals surface area contributed by atoms with Gasteiger partial charge in [0.25, 0.3) is 5.91 Å². The lowest BCUT2D eigenvalue weighted by Crippen LogP contribution is -2.13. The van der Waals surface area contributed by atoms with Gasteiger partial charge in [-0.25, -0.2) is 0 Å². The number of rotatable bonds is 6. The molecule has 0 fully saturated rings. The van der Waals surface area contributed by atoms with Crippen molar-refractivity contribution >= 4 is 40.9 Å². The minimum Gasteiger partial charge on any atom is -0.489 e. The quantitative estimate of drug-likeness (QED) is 0.384. The van der Waals surface area contributed by atoms with Crippen molar-refractivity contribution in [3.05, 3.63) is 99.5 Å². The van der Waals surface area contributed by atoms with Crippen LogP contribution in [0.4, 0.5) is 5.69 Å². The van der Waals surface area contributed by atoms with Crippen LogP contribution in [-0.2, 0) is 11.4 Å². The number of nitriles is 1. The van der Waals surface area contributed by atoms with Crippen LogP contribution in [-0.4, -0.2) is 5.91 Å². The lowest BCUT2D eigenvalue weighted by Gasteiger charge is -2.07. The summed E-state index contributed by atoms with van der Waals surface area (Å²) in [5.41, 5.74) is 2.22. The lowest BCUT2D eigenvalue weighted by molar-refractivity contribution is -0.112. The molecule has 0 spiro atoms. The number of nitrogens with zero attached hydrogens (tertiary/aromatic N) is 1. The molecule has 1 amide bonds. The first-order valence-electron chi connectivity index (χ1n) is 8.69. The summed E-state index contributed by atoms with van der Waals surface area (Å²) in [5.74, 6) is 0.178. The molecule has 144 valence electrons. The van der Waals surface area contributed by atoms with Crippen molar-refractivity contribution in [3.63, 3.8) is 0 Å². The molecule has 0 aliphatic rings. The largest absolute Gasteiger partial charge is 0.489 e. The Bertz CT molecular complexity index is 1070. The molecule has 3 aromatic carbocycles. The van der Waals surface area contributed by atoms with Gasteiger partial charge < -0.3 is 10.1 Å². The molecular formula is C23H16Cl2N2O2. The minimum atomic E-state index is -0.502. The number of nitrogens with one attached hydrogen (secondary N) is 1. The fraction of sp³-hybridized carbons (Fsp3) is 0.0435. The molecule has 0 bridgehead atoms. The van der Waals surface area contributed by atoms with Crippen molar-refractivity contribution in [1.82, 2.24) is 0 Å². The van der Waals surface area contributed by atoms with E-state index in [0.717, 1.165) is 5.56 Å². The maximum Gasteiger partial charge on any atom is 0.266 e. The summed E-state index contributed by atoms with van der Waals surface area (Å²) in [6, 6.07) is 23.2. The summed E-state index contributed by atoms with van der Waals surface area (Å²) in [6.45, 7) is 0.415. The van der Waals surface area contributed by atoms with Gasteiger partial charge in [-0.05, 0) is 59.7 Å². The fourth-order valence-electron chi connectivity index (χ4n) is 2.49. The monoisotopic (exact) mass is 422 g/mol. The lowest BCUT2D eigenvalue weighted by atomic mass is 10.1. The maximum atomic E-state index is 12.3. The van der Waals surface area contributed by atoms with Crippen LogP contribution in [0.2, 0.25) is 10.0 Å². The highest BCUT2D eigenvalue weighted by Crippen LogP contribution is 2.19. The van der Waals surface area contributed by atoms with Crippen molar-refractivity contribution in [2.24, 2.45) is 0 Å². The van der Waals surface area contributed by atoms with Gasteiger partial charge in [0.05, 0.1) is 0 Å². The molecule has 3 rings (SSSR count). The van der Waals surface area contributed by atoms with Gasteiger partial charge in [-0.2, -0.15) is 5.26 Å². The van der Waals surface area contributed by atoms with Crippen molar-refractivity contribution < 1.29 is 9.53 Å². The minimum absolute atomic E-state index is 0.0141. The molecule has 3 aromatic rings. The van der Waals surface area contributed by atoms with E-state index in [1.807, 2.05) is 30.3 Å². The molecule has 0 heterocycles. The predicted octanol–water partition coefficient (Wildman–Crippen LogP) is 6.12. The molecule has 0 saturated carbocycles. The van der Waals surface area contributed by atoms with E-state index in [1.165, 1.54) is 6.08 Å². The van der Waals surface area contributed by atoms with E-state index in [-0.39, 0.29) is 5.57 Å². The van der Waals surface area contributed by atoms with E-state index in [0.29, 0.717) is 33.7 Å². The Balaban J connectivity index is 1.64. The normalized spacial score (nSPS) is 10.9. The third kappa shape index (κ3) is 6.11. The highest BCUT2D eigenvalue weighted by atomic mass is 35.5. The second kappa shape index (κ2) is 9.79. The summed E-state index contributed by atoms with van der Waals surface area (Å²) in [6.07, 6.45) is 1.52. The van der Waals surface area contributed by atoms with E-state index in [9.17, 15) is 10.1 Å². The first-order valence-corrected chi connectivity index (χ1v) is 9.45. The zero-order valence-electron chi connectivity index (χ0n) is 15.2. The first kappa shape index (κ1) is 20.5. The van der Waals surface area contributed by atoms with Gasteiger partial charge in [0.2, 0.25) is 0 Å². The standard InChI is InChI=1S/C23H16Cl2N2O2/c24-19-8-4-17(5-9-19)15-29-22-10-6-16(7-11-22)12-18(14-26)23(28)27-21-3-1-2-20(25)13-21/h1-13H,15H2,(H,27,28)/b18-12+. The SMILES string of the molecule is N#C/C(=C\c1ccc(OCc2ccc(Cl)cc2)cc1)C(=O)Nc1cccc(Cl)c1. The number of carbonyl (C=O) groups excluding carboxylic acids is 1. The Hall–Kier alpha value is -3.26. The molecule has 29 heavy (non-hydrogen) atoms. The number of hydrogen-bond donors (Lipinski definition) is 1. The Morgan fingerprint density at radius 1 is 1.00 bits per heavy atom. The average molecular weight is 423 g/mol. The predicted molar refractivity (Wildman–Crippen MR) is 116 cm³/mol. The Morgan fingerprint density at radius 2 is 1.72 bits per heavy atom. The van der Waals surface area contributed by atoms with Gasteiger partial charge in [-0.1, -0.05) is 53.5 Å². The molecule has 0 atom stereocenters. The Labute approximate surface area is 179 Å². The molecule has 0 aromatic heterocycles. The van der Waals surface area contributed by atoms with Gasteiger partial charge in [0, 0.05) is 15.7 Å². The molecule has 1 N–H and O–H groups in total. The number of ether oxygens (including phenoxy) is 1.